The highest BCUT2D eigenvalue weighted by Gasteiger charge is 2.13. The van der Waals surface area contributed by atoms with Crippen molar-refractivity contribution in [2.24, 2.45) is 0 Å². The van der Waals surface area contributed by atoms with Crippen molar-refractivity contribution in [2.45, 2.75) is 20.3 Å². The predicted molar refractivity (Wildman–Crippen MR) is 128 cm³/mol. The molecule has 0 saturated heterocycles. The van der Waals surface area contributed by atoms with Crippen molar-refractivity contribution in [3.63, 3.8) is 0 Å². The first kappa shape index (κ1) is 24.9. The molecule has 2 aromatic rings. The number of hydrogen-bond donors (Lipinski definition) is 1. The van der Waals surface area contributed by atoms with Crippen LogP contribution in [0.1, 0.15) is 20.3 Å². The first-order chi connectivity index (χ1) is 15.7. The molecule has 1 heterocycles. The Morgan fingerprint density at radius 3 is 2.34 bits per heavy atom. The Morgan fingerprint density at radius 2 is 1.69 bits per heavy atom. The molecular weight excluding hydrogens is 406 g/mol. The van der Waals surface area contributed by atoms with Crippen LogP contribution in [0.3, 0.4) is 0 Å². The van der Waals surface area contributed by atoms with Gasteiger partial charge in [0.25, 0.3) is 0 Å². The second kappa shape index (κ2) is 13.9. The lowest BCUT2D eigenvalue weighted by Crippen LogP contribution is -2.09. The molecular formula is C25H31N3O4. The fraction of sp³-hybridized carbons (Fsp3) is 0.360. The molecule has 0 radical (unpaired) electrons. The number of hydrogen-bond acceptors (Lipinski definition) is 7. The van der Waals surface area contributed by atoms with E-state index >= 15 is 0 Å². The number of aromatic nitrogens is 2. The molecule has 3 rings (SSSR count). The van der Waals surface area contributed by atoms with E-state index in [-0.39, 0.29) is 0 Å². The second-order valence-electron chi connectivity index (χ2n) is 6.39. The molecule has 7 heteroatoms. The van der Waals surface area contributed by atoms with Gasteiger partial charge in [-0.2, -0.15) is 0 Å². The number of fused-ring (bicyclic) bond motifs is 1. The standard InChI is InChI=1S/C23H25N3O4.C2H6/c1-4-17-7-5-6-8-18(13-17)26-23-19-14-21(29-11-9-27-2)22(30-12-10-28-3)15-20(19)24-16-25-23;1-2/h1,6-8,13-16H,5,9-12H2,2-3H3,(H,24,25,26);1-2H3. The monoisotopic (exact) mass is 437 g/mol. The van der Waals surface area contributed by atoms with Crippen molar-refractivity contribution < 1.29 is 18.9 Å². The van der Waals surface area contributed by atoms with Crippen molar-refractivity contribution >= 4 is 16.7 Å². The number of allylic oxidation sites excluding steroid dienone is 5. The van der Waals surface area contributed by atoms with Gasteiger partial charge in [-0.05, 0) is 24.6 Å². The largest absolute Gasteiger partial charge is 0.487 e. The molecule has 170 valence electrons. The number of nitrogens with zero attached hydrogens (tertiary/aromatic N) is 2. The van der Waals surface area contributed by atoms with Gasteiger partial charge < -0.3 is 24.3 Å². The van der Waals surface area contributed by atoms with Crippen molar-refractivity contribution in [1.29, 1.82) is 0 Å². The van der Waals surface area contributed by atoms with Gasteiger partial charge in [-0.3, -0.25) is 0 Å². The van der Waals surface area contributed by atoms with E-state index in [0.717, 1.165) is 28.6 Å². The average molecular weight is 438 g/mol. The number of nitrogens with one attached hydrogen (secondary N) is 1. The van der Waals surface area contributed by atoms with Crippen LogP contribution in [0.2, 0.25) is 0 Å². The van der Waals surface area contributed by atoms with Gasteiger partial charge in [0.05, 0.1) is 18.7 Å². The van der Waals surface area contributed by atoms with E-state index in [1.807, 2.05) is 50.3 Å². The first-order valence-electron chi connectivity index (χ1n) is 10.6. The van der Waals surface area contributed by atoms with Crippen LogP contribution in [0.15, 0.2) is 54.0 Å². The van der Waals surface area contributed by atoms with E-state index < -0.39 is 0 Å². The fourth-order valence-electron chi connectivity index (χ4n) is 2.84. The van der Waals surface area contributed by atoms with Crippen molar-refractivity contribution in [2.75, 3.05) is 46.0 Å². The number of ether oxygens (including phenoxy) is 4. The van der Waals surface area contributed by atoms with Gasteiger partial charge in [0.15, 0.2) is 11.5 Å². The Balaban J connectivity index is 0.00000176. The molecule has 1 aliphatic rings. The van der Waals surface area contributed by atoms with Crippen LogP contribution >= 0.6 is 0 Å². The maximum atomic E-state index is 5.88. The van der Waals surface area contributed by atoms with Gasteiger partial charge in [-0.1, -0.05) is 31.9 Å². The highest BCUT2D eigenvalue weighted by Crippen LogP contribution is 2.34. The van der Waals surface area contributed by atoms with Crippen molar-refractivity contribution in [3.05, 3.63) is 54.0 Å². The van der Waals surface area contributed by atoms with Crippen LogP contribution in [0, 0.1) is 12.3 Å². The third kappa shape index (κ3) is 7.12. The second-order valence-corrected chi connectivity index (χ2v) is 6.39. The van der Waals surface area contributed by atoms with E-state index in [1.165, 1.54) is 6.33 Å². The van der Waals surface area contributed by atoms with E-state index in [2.05, 4.69) is 21.2 Å². The lowest BCUT2D eigenvalue weighted by Gasteiger charge is -2.15. The summed E-state index contributed by atoms with van der Waals surface area (Å²) in [5.41, 5.74) is 2.39. The van der Waals surface area contributed by atoms with E-state index in [0.29, 0.717) is 43.7 Å². The fourth-order valence-corrected chi connectivity index (χ4v) is 2.84. The van der Waals surface area contributed by atoms with Crippen LogP contribution in [0.25, 0.3) is 10.9 Å². The molecule has 0 bridgehead atoms. The van der Waals surface area contributed by atoms with Gasteiger partial charge in [0.1, 0.15) is 25.4 Å². The highest BCUT2D eigenvalue weighted by molar-refractivity contribution is 5.92. The molecule has 0 atom stereocenters. The number of anilines is 1. The van der Waals surface area contributed by atoms with Crippen LogP contribution in [0.5, 0.6) is 11.5 Å². The molecule has 1 aromatic carbocycles. The molecule has 0 saturated carbocycles. The molecule has 1 N–H and O–H groups in total. The number of benzene rings is 1. The maximum Gasteiger partial charge on any atom is 0.163 e. The van der Waals surface area contributed by atoms with Crippen molar-refractivity contribution in [1.82, 2.24) is 9.97 Å². The minimum absolute atomic E-state index is 0.392. The van der Waals surface area contributed by atoms with E-state index in [1.54, 1.807) is 14.2 Å². The molecule has 0 spiro atoms. The lowest BCUT2D eigenvalue weighted by atomic mass is 10.2. The van der Waals surface area contributed by atoms with Gasteiger partial charge in [0, 0.05) is 36.9 Å². The molecule has 7 nitrogen and oxygen atoms in total. The third-order valence-corrected chi connectivity index (χ3v) is 4.30. The van der Waals surface area contributed by atoms with Gasteiger partial charge >= 0.3 is 0 Å². The lowest BCUT2D eigenvalue weighted by molar-refractivity contribution is 0.132. The Labute approximate surface area is 190 Å². The zero-order valence-corrected chi connectivity index (χ0v) is 19.2. The number of methoxy groups -OCH3 is 2. The van der Waals surface area contributed by atoms with Gasteiger partial charge in [-0.15, -0.1) is 6.42 Å². The summed E-state index contributed by atoms with van der Waals surface area (Å²) in [6.45, 7) is 5.73. The summed E-state index contributed by atoms with van der Waals surface area (Å²) in [4.78, 5) is 8.80. The topological polar surface area (TPSA) is 74.7 Å². The third-order valence-electron chi connectivity index (χ3n) is 4.30. The van der Waals surface area contributed by atoms with E-state index in [4.69, 9.17) is 25.4 Å². The van der Waals surface area contributed by atoms with Crippen molar-refractivity contribution in [3.8, 4) is 23.8 Å². The first-order valence-corrected chi connectivity index (χ1v) is 10.6. The van der Waals surface area contributed by atoms with Gasteiger partial charge in [0.2, 0.25) is 0 Å². The zero-order chi connectivity index (χ0) is 23.2. The molecule has 0 fully saturated rings. The summed E-state index contributed by atoms with van der Waals surface area (Å²) in [5, 5.41) is 4.14. The quantitative estimate of drug-likeness (QED) is 0.433. The Morgan fingerprint density at radius 1 is 1.00 bits per heavy atom. The number of rotatable bonds is 10. The summed E-state index contributed by atoms with van der Waals surface area (Å²) in [7, 11) is 3.25. The molecule has 1 aliphatic carbocycles. The van der Waals surface area contributed by atoms with Gasteiger partial charge in [-0.25, -0.2) is 9.97 Å². The maximum absolute atomic E-state index is 5.88. The molecule has 0 unspecified atom stereocenters. The zero-order valence-electron chi connectivity index (χ0n) is 19.2. The summed E-state index contributed by atoms with van der Waals surface area (Å²) in [6.07, 6.45) is 15.8. The molecule has 32 heavy (non-hydrogen) atoms. The molecule has 0 amide bonds. The smallest absolute Gasteiger partial charge is 0.163 e. The minimum Gasteiger partial charge on any atom is -0.487 e. The summed E-state index contributed by atoms with van der Waals surface area (Å²) in [5.74, 6) is 4.50. The SMILES string of the molecule is C#CC1=CCC=CC(Nc2ncnc3cc(OCCOC)c(OCCOC)cc23)=C1.CC. The predicted octanol–water partition coefficient (Wildman–Crippen LogP) is 4.52. The Kier molecular flexibility index (Phi) is 10.8. The van der Waals surface area contributed by atoms with Crippen LogP contribution < -0.4 is 14.8 Å². The minimum atomic E-state index is 0.392. The van der Waals surface area contributed by atoms with Crippen LogP contribution in [-0.2, 0) is 9.47 Å². The summed E-state index contributed by atoms with van der Waals surface area (Å²) in [6, 6.07) is 3.71. The summed E-state index contributed by atoms with van der Waals surface area (Å²) >= 11 is 0. The number of terminal acetylenes is 1. The molecule has 1 aromatic heterocycles. The molecule has 0 aliphatic heterocycles. The van der Waals surface area contributed by atoms with Crippen LogP contribution in [0.4, 0.5) is 5.82 Å². The summed E-state index contributed by atoms with van der Waals surface area (Å²) < 4.78 is 21.9. The van der Waals surface area contributed by atoms with E-state index in [9.17, 15) is 0 Å². The Hall–Kier alpha value is -3.34. The normalized spacial score (nSPS) is 12.6. The Bertz CT molecular complexity index is 1010. The average Bonchev–Trinajstić information content (AvgIpc) is 3.06. The van der Waals surface area contributed by atoms with Crippen LogP contribution in [-0.4, -0.2) is 50.6 Å². The highest BCUT2D eigenvalue weighted by atomic mass is 16.5.